The number of carbonyl (C=O) groups excluding carboxylic acids is 1. The Morgan fingerprint density at radius 3 is 2.55 bits per heavy atom. The maximum absolute atomic E-state index is 12.0. The van der Waals surface area contributed by atoms with Gasteiger partial charge in [0.05, 0.1) is 12.0 Å². The molecule has 2 rings (SSSR count). The molecule has 0 bridgehead atoms. The summed E-state index contributed by atoms with van der Waals surface area (Å²) in [5.41, 5.74) is 0.149. The van der Waals surface area contributed by atoms with E-state index in [2.05, 4.69) is 4.98 Å². The highest BCUT2D eigenvalue weighted by Gasteiger charge is 2.18. The third kappa shape index (κ3) is 3.12. The molecule has 0 unspecified atom stereocenters. The second-order valence-electron chi connectivity index (χ2n) is 3.83. The summed E-state index contributed by atoms with van der Waals surface area (Å²) in [5.74, 6) is -0.510. The molecular weight excluding hydrogens is 280 g/mol. The summed E-state index contributed by atoms with van der Waals surface area (Å²) in [6.07, 6.45) is 1.36. The van der Waals surface area contributed by atoms with Crippen LogP contribution in [-0.2, 0) is 10.0 Å². The standard InChI is InChI=1S/C13H12N2O4S/c1-19-12-9-10(7-8-14-12)13(16)15-20(17,18)11-5-3-2-4-6-11/h2-9H,1H3,(H,15,16). The summed E-state index contributed by atoms with van der Waals surface area (Å²) in [4.78, 5) is 15.8. The van der Waals surface area contributed by atoms with Gasteiger partial charge in [0.15, 0.2) is 0 Å². The summed E-state index contributed by atoms with van der Waals surface area (Å²) >= 11 is 0. The van der Waals surface area contributed by atoms with E-state index in [1.807, 2.05) is 4.72 Å². The highest BCUT2D eigenvalue weighted by molar-refractivity contribution is 7.90. The van der Waals surface area contributed by atoms with Crippen molar-refractivity contribution in [3.05, 3.63) is 54.2 Å². The maximum atomic E-state index is 12.0. The van der Waals surface area contributed by atoms with Gasteiger partial charge in [-0.15, -0.1) is 0 Å². The van der Waals surface area contributed by atoms with Crippen LogP contribution in [0.5, 0.6) is 5.88 Å². The van der Waals surface area contributed by atoms with Gasteiger partial charge in [-0.1, -0.05) is 18.2 Å². The molecule has 0 saturated heterocycles. The van der Waals surface area contributed by atoms with Crippen LogP contribution in [0.4, 0.5) is 0 Å². The highest BCUT2D eigenvalue weighted by atomic mass is 32.2. The Bertz CT molecular complexity index is 714. The fourth-order valence-electron chi connectivity index (χ4n) is 1.50. The number of hydrogen-bond acceptors (Lipinski definition) is 5. The monoisotopic (exact) mass is 292 g/mol. The minimum atomic E-state index is -3.89. The quantitative estimate of drug-likeness (QED) is 0.915. The van der Waals surface area contributed by atoms with Crippen molar-refractivity contribution in [3.63, 3.8) is 0 Å². The maximum Gasteiger partial charge on any atom is 0.265 e. The van der Waals surface area contributed by atoms with Crippen LogP contribution in [0.2, 0.25) is 0 Å². The normalized spacial score (nSPS) is 10.8. The second kappa shape index (κ2) is 5.70. The van der Waals surface area contributed by atoms with Crippen molar-refractivity contribution in [1.82, 2.24) is 9.71 Å². The average Bonchev–Trinajstić information content (AvgIpc) is 2.48. The number of rotatable bonds is 4. The van der Waals surface area contributed by atoms with Gasteiger partial charge < -0.3 is 4.74 Å². The molecule has 7 heteroatoms. The summed E-state index contributed by atoms with van der Waals surface area (Å²) in [6, 6.07) is 10.4. The Hall–Kier alpha value is -2.41. The highest BCUT2D eigenvalue weighted by Crippen LogP contribution is 2.11. The number of nitrogens with zero attached hydrogens (tertiary/aromatic N) is 1. The van der Waals surface area contributed by atoms with Gasteiger partial charge in [-0.3, -0.25) is 4.79 Å². The van der Waals surface area contributed by atoms with E-state index in [1.165, 1.54) is 37.6 Å². The van der Waals surface area contributed by atoms with Crippen molar-refractivity contribution >= 4 is 15.9 Å². The lowest BCUT2D eigenvalue weighted by Gasteiger charge is -2.07. The van der Waals surface area contributed by atoms with Gasteiger partial charge in [-0.25, -0.2) is 18.1 Å². The molecule has 0 radical (unpaired) electrons. The van der Waals surface area contributed by atoms with E-state index in [0.717, 1.165) is 0 Å². The first-order valence-corrected chi connectivity index (χ1v) is 7.13. The lowest BCUT2D eigenvalue weighted by Crippen LogP contribution is -2.30. The van der Waals surface area contributed by atoms with E-state index >= 15 is 0 Å². The molecule has 0 saturated carbocycles. The lowest BCUT2D eigenvalue weighted by atomic mass is 10.2. The molecule has 104 valence electrons. The Kier molecular flexibility index (Phi) is 3.99. The number of ether oxygens (including phenoxy) is 1. The molecule has 0 aliphatic rings. The van der Waals surface area contributed by atoms with Crippen LogP contribution in [0.25, 0.3) is 0 Å². The number of methoxy groups -OCH3 is 1. The molecule has 1 aromatic carbocycles. The average molecular weight is 292 g/mol. The predicted octanol–water partition coefficient (Wildman–Crippen LogP) is 1.21. The molecule has 1 amide bonds. The lowest BCUT2D eigenvalue weighted by molar-refractivity contribution is 0.0981. The molecule has 1 heterocycles. The molecular formula is C13H12N2O4S. The Morgan fingerprint density at radius 1 is 1.20 bits per heavy atom. The number of amides is 1. The largest absolute Gasteiger partial charge is 0.481 e. The van der Waals surface area contributed by atoms with Crippen LogP contribution in [-0.4, -0.2) is 26.4 Å². The van der Waals surface area contributed by atoms with E-state index in [-0.39, 0.29) is 16.3 Å². The van der Waals surface area contributed by atoms with Crippen LogP contribution in [0.3, 0.4) is 0 Å². The zero-order chi connectivity index (χ0) is 14.6. The van der Waals surface area contributed by atoms with Crippen molar-refractivity contribution < 1.29 is 17.9 Å². The van der Waals surface area contributed by atoms with Crippen molar-refractivity contribution in [2.24, 2.45) is 0 Å². The van der Waals surface area contributed by atoms with Gasteiger partial charge in [-0.05, 0) is 18.2 Å². The molecule has 2 aromatic rings. The van der Waals surface area contributed by atoms with E-state index in [4.69, 9.17) is 4.74 Å². The first-order valence-electron chi connectivity index (χ1n) is 5.65. The van der Waals surface area contributed by atoms with Gasteiger partial charge in [0.25, 0.3) is 15.9 Å². The molecule has 6 nitrogen and oxygen atoms in total. The van der Waals surface area contributed by atoms with Gasteiger partial charge >= 0.3 is 0 Å². The van der Waals surface area contributed by atoms with Crippen LogP contribution >= 0.6 is 0 Å². The van der Waals surface area contributed by atoms with Gasteiger partial charge in [-0.2, -0.15) is 0 Å². The van der Waals surface area contributed by atoms with E-state index < -0.39 is 15.9 Å². The fraction of sp³-hybridized carbons (Fsp3) is 0.0769. The second-order valence-corrected chi connectivity index (χ2v) is 5.52. The first kappa shape index (κ1) is 14.0. The molecule has 20 heavy (non-hydrogen) atoms. The zero-order valence-electron chi connectivity index (χ0n) is 10.6. The number of benzene rings is 1. The van der Waals surface area contributed by atoms with Crippen molar-refractivity contribution in [2.75, 3.05) is 7.11 Å². The Labute approximate surface area is 116 Å². The fourth-order valence-corrected chi connectivity index (χ4v) is 2.50. The number of nitrogens with one attached hydrogen (secondary N) is 1. The van der Waals surface area contributed by atoms with Crippen molar-refractivity contribution in [1.29, 1.82) is 0 Å². The molecule has 0 aliphatic carbocycles. The van der Waals surface area contributed by atoms with E-state index in [9.17, 15) is 13.2 Å². The molecule has 0 spiro atoms. The number of aromatic nitrogens is 1. The van der Waals surface area contributed by atoms with Crippen molar-refractivity contribution in [2.45, 2.75) is 4.90 Å². The first-order chi connectivity index (χ1) is 9.53. The minimum absolute atomic E-state index is 0.0226. The summed E-state index contributed by atoms with van der Waals surface area (Å²) in [7, 11) is -2.48. The Balaban J connectivity index is 2.23. The third-order valence-electron chi connectivity index (χ3n) is 2.49. The topological polar surface area (TPSA) is 85.4 Å². The summed E-state index contributed by atoms with van der Waals surface area (Å²) < 4.78 is 30.9. The van der Waals surface area contributed by atoms with Crippen LogP contribution in [0, 0.1) is 0 Å². The Morgan fingerprint density at radius 2 is 1.90 bits per heavy atom. The number of hydrogen-bond donors (Lipinski definition) is 1. The number of carbonyl (C=O) groups is 1. The van der Waals surface area contributed by atoms with E-state index in [0.29, 0.717) is 0 Å². The van der Waals surface area contributed by atoms with Gasteiger partial charge in [0.2, 0.25) is 5.88 Å². The van der Waals surface area contributed by atoms with Crippen molar-refractivity contribution in [3.8, 4) is 5.88 Å². The van der Waals surface area contributed by atoms with E-state index in [1.54, 1.807) is 18.2 Å². The summed E-state index contributed by atoms with van der Waals surface area (Å²) in [6.45, 7) is 0. The number of sulfonamides is 1. The summed E-state index contributed by atoms with van der Waals surface area (Å²) in [5, 5.41) is 0. The van der Waals surface area contributed by atoms with Crippen LogP contribution in [0.1, 0.15) is 10.4 Å². The van der Waals surface area contributed by atoms with Gasteiger partial charge in [0, 0.05) is 17.8 Å². The minimum Gasteiger partial charge on any atom is -0.481 e. The molecule has 1 aromatic heterocycles. The van der Waals surface area contributed by atoms with Crippen LogP contribution in [0.15, 0.2) is 53.6 Å². The molecule has 1 N–H and O–H groups in total. The molecule has 0 atom stereocenters. The number of pyridine rings is 1. The van der Waals surface area contributed by atoms with Crippen LogP contribution < -0.4 is 9.46 Å². The zero-order valence-corrected chi connectivity index (χ0v) is 11.4. The smallest absolute Gasteiger partial charge is 0.265 e. The SMILES string of the molecule is COc1cc(C(=O)NS(=O)(=O)c2ccccc2)ccn1. The molecule has 0 fully saturated rings. The predicted molar refractivity (Wildman–Crippen MR) is 71.9 cm³/mol. The third-order valence-corrected chi connectivity index (χ3v) is 3.83. The van der Waals surface area contributed by atoms with Gasteiger partial charge in [0.1, 0.15) is 0 Å². The molecule has 0 aliphatic heterocycles.